The molecule has 1 aromatic heterocycles. The number of carbonyl (C=O) groups excluding carboxylic acids is 2. The third kappa shape index (κ3) is 4.88. The van der Waals surface area contributed by atoms with E-state index in [1.54, 1.807) is 6.07 Å². The zero-order chi connectivity index (χ0) is 19.6. The van der Waals surface area contributed by atoms with Crippen LogP contribution in [-0.2, 0) is 14.6 Å². The Morgan fingerprint density at radius 3 is 2.70 bits per heavy atom. The van der Waals surface area contributed by atoms with Gasteiger partial charge < -0.3 is 15.6 Å². The Labute approximate surface area is 158 Å². The van der Waals surface area contributed by atoms with Crippen molar-refractivity contribution in [1.82, 2.24) is 15.6 Å². The summed E-state index contributed by atoms with van der Waals surface area (Å²) >= 11 is 0. The van der Waals surface area contributed by atoms with Gasteiger partial charge in [0.15, 0.2) is 9.84 Å². The number of H-pyrrole nitrogens is 1. The van der Waals surface area contributed by atoms with Crippen LogP contribution in [0.15, 0.2) is 24.3 Å². The highest BCUT2D eigenvalue weighted by atomic mass is 32.2. The molecule has 0 radical (unpaired) electrons. The van der Waals surface area contributed by atoms with Crippen LogP contribution in [0.25, 0.3) is 10.9 Å². The molecule has 0 unspecified atom stereocenters. The van der Waals surface area contributed by atoms with Crippen molar-refractivity contribution < 1.29 is 18.0 Å². The molecule has 0 bridgehead atoms. The molecule has 146 valence electrons. The Bertz CT molecular complexity index is 962. The standard InChI is InChI=1S/C19H25N3O4S/c1-12(2)13-3-4-14-10-17(22-16(14)9-13)19(24)20-7-5-18(23)21-15-6-8-27(25,26)11-15/h3-4,9-10,12,15,22H,5-8,11H2,1-2H3,(H,20,24)(H,21,23)/t15-/m0/s1. The summed E-state index contributed by atoms with van der Waals surface area (Å²) in [6.07, 6.45) is 0.563. The van der Waals surface area contributed by atoms with E-state index in [4.69, 9.17) is 0 Å². The van der Waals surface area contributed by atoms with E-state index in [1.807, 2.05) is 12.1 Å². The minimum absolute atomic E-state index is 0.00146. The molecule has 1 saturated heterocycles. The van der Waals surface area contributed by atoms with Gasteiger partial charge in [0.2, 0.25) is 5.91 Å². The van der Waals surface area contributed by atoms with Crippen molar-refractivity contribution in [2.75, 3.05) is 18.1 Å². The van der Waals surface area contributed by atoms with Gasteiger partial charge in [0.05, 0.1) is 11.5 Å². The molecule has 2 heterocycles. The summed E-state index contributed by atoms with van der Waals surface area (Å²) in [4.78, 5) is 27.3. The molecule has 2 aromatic rings. The summed E-state index contributed by atoms with van der Waals surface area (Å²) < 4.78 is 22.8. The smallest absolute Gasteiger partial charge is 0.267 e. The number of hydrogen-bond donors (Lipinski definition) is 3. The van der Waals surface area contributed by atoms with Gasteiger partial charge in [-0.25, -0.2) is 8.42 Å². The molecule has 7 nitrogen and oxygen atoms in total. The van der Waals surface area contributed by atoms with Crippen molar-refractivity contribution in [2.45, 2.75) is 38.6 Å². The zero-order valence-electron chi connectivity index (χ0n) is 15.5. The molecule has 3 rings (SSSR count). The van der Waals surface area contributed by atoms with Crippen LogP contribution >= 0.6 is 0 Å². The first kappa shape index (κ1) is 19.4. The first-order valence-electron chi connectivity index (χ1n) is 9.14. The van der Waals surface area contributed by atoms with Crippen LogP contribution < -0.4 is 10.6 Å². The fraction of sp³-hybridized carbons (Fsp3) is 0.474. The average molecular weight is 391 g/mol. The average Bonchev–Trinajstić information content (AvgIpc) is 3.16. The van der Waals surface area contributed by atoms with Gasteiger partial charge >= 0.3 is 0 Å². The molecular weight excluding hydrogens is 366 g/mol. The van der Waals surface area contributed by atoms with Crippen LogP contribution in [0.5, 0.6) is 0 Å². The first-order chi connectivity index (χ1) is 12.7. The molecule has 0 spiro atoms. The van der Waals surface area contributed by atoms with E-state index >= 15 is 0 Å². The Morgan fingerprint density at radius 1 is 1.26 bits per heavy atom. The summed E-state index contributed by atoms with van der Waals surface area (Å²) in [6, 6.07) is 7.55. The molecule has 1 aliphatic rings. The van der Waals surface area contributed by atoms with Gasteiger partial charge in [-0.3, -0.25) is 9.59 Å². The molecule has 27 heavy (non-hydrogen) atoms. The molecule has 1 aliphatic heterocycles. The van der Waals surface area contributed by atoms with Crippen LogP contribution in [0.4, 0.5) is 0 Å². The monoisotopic (exact) mass is 391 g/mol. The van der Waals surface area contributed by atoms with Crippen molar-refractivity contribution in [3.8, 4) is 0 Å². The number of sulfone groups is 1. The van der Waals surface area contributed by atoms with Crippen LogP contribution in [0.2, 0.25) is 0 Å². The number of carbonyl (C=O) groups is 2. The molecule has 8 heteroatoms. The summed E-state index contributed by atoms with van der Waals surface area (Å²) in [5.41, 5.74) is 2.56. The van der Waals surface area contributed by atoms with Crippen molar-refractivity contribution in [3.63, 3.8) is 0 Å². The number of benzene rings is 1. The highest BCUT2D eigenvalue weighted by Gasteiger charge is 2.28. The minimum atomic E-state index is -3.02. The van der Waals surface area contributed by atoms with E-state index in [2.05, 4.69) is 35.5 Å². The van der Waals surface area contributed by atoms with Gasteiger partial charge in [-0.15, -0.1) is 0 Å². The van der Waals surface area contributed by atoms with E-state index in [-0.39, 0.29) is 42.3 Å². The van der Waals surface area contributed by atoms with Crippen LogP contribution in [0, 0.1) is 0 Å². The molecule has 2 amide bonds. The Morgan fingerprint density at radius 2 is 2.04 bits per heavy atom. The van der Waals surface area contributed by atoms with Crippen LogP contribution in [-0.4, -0.2) is 49.3 Å². The van der Waals surface area contributed by atoms with Gasteiger partial charge in [-0.05, 0) is 30.0 Å². The van der Waals surface area contributed by atoms with E-state index in [1.165, 1.54) is 5.56 Å². The highest BCUT2D eigenvalue weighted by molar-refractivity contribution is 7.91. The van der Waals surface area contributed by atoms with Crippen LogP contribution in [0.1, 0.15) is 48.7 Å². The number of hydrogen-bond acceptors (Lipinski definition) is 4. The van der Waals surface area contributed by atoms with Gasteiger partial charge in [-0.1, -0.05) is 26.0 Å². The number of aromatic amines is 1. The molecule has 0 saturated carbocycles. The summed E-state index contributed by atoms with van der Waals surface area (Å²) in [5, 5.41) is 6.39. The number of amides is 2. The summed E-state index contributed by atoms with van der Waals surface area (Å²) in [7, 11) is -3.02. The lowest BCUT2D eigenvalue weighted by Crippen LogP contribution is -2.37. The van der Waals surface area contributed by atoms with Crippen molar-refractivity contribution >= 4 is 32.6 Å². The molecule has 0 aliphatic carbocycles. The van der Waals surface area contributed by atoms with Crippen molar-refractivity contribution in [1.29, 1.82) is 0 Å². The maximum absolute atomic E-state index is 12.3. The molecule has 1 atom stereocenters. The minimum Gasteiger partial charge on any atom is -0.352 e. The SMILES string of the molecule is CC(C)c1ccc2cc(C(=O)NCCC(=O)N[C@H]3CCS(=O)(=O)C3)[nH]c2c1. The summed E-state index contributed by atoms with van der Waals surface area (Å²) in [5.74, 6) is -0.000868. The lowest BCUT2D eigenvalue weighted by Gasteiger charge is -2.10. The molecule has 3 N–H and O–H groups in total. The molecule has 1 aromatic carbocycles. The second-order valence-electron chi connectivity index (χ2n) is 7.36. The fourth-order valence-corrected chi connectivity index (χ4v) is 4.89. The topological polar surface area (TPSA) is 108 Å². The first-order valence-corrected chi connectivity index (χ1v) is 11.0. The third-order valence-electron chi connectivity index (χ3n) is 4.79. The Kier molecular flexibility index (Phi) is 5.55. The summed E-state index contributed by atoms with van der Waals surface area (Å²) in [6.45, 7) is 4.42. The fourth-order valence-electron chi connectivity index (χ4n) is 3.22. The Hall–Kier alpha value is -2.35. The molecular formula is C19H25N3O4S. The Balaban J connectivity index is 1.50. The predicted octanol–water partition coefficient (Wildman–Crippen LogP) is 1.71. The maximum Gasteiger partial charge on any atom is 0.267 e. The van der Waals surface area contributed by atoms with Gasteiger partial charge in [0, 0.05) is 29.9 Å². The van der Waals surface area contributed by atoms with E-state index in [0.29, 0.717) is 18.0 Å². The second kappa shape index (κ2) is 7.72. The number of fused-ring (bicyclic) bond motifs is 1. The number of aromatic nitrogens is 1. The normalized spacial score (nSPS) is 18.7. The van der Waals surface area contributed by atoms with E-state index in [9.17, 15) is 18.0 Å². The zero-order valence-corrected chi connectivity index (χ0v) is 16.4. The van der Waals surface area contributed by atoms with Crippen molar-refractivity contribution in [3.05, 3.63) is 35.5 Å². The lowest BCUT2D eigenvalue weighted by molar-refractivity contribution is -0.121. The largest absolute Gasteiger partial charge is 0.352 e. The predicted molar refractivity (Wildman–Crippen MR) is 105 cm³/mol. The van der Waals surface area contributed by atoms with Crippen molar-refractivity contribution in [2.24, 2.45) is 0 Å². The molecule has 1 fully saturated rings. The number of nitrogens with one attached hydrogen (secondary N) is 3. The number of rotatable bonds is 6. The lowest BCUT2D eigenvalue weighted by atomic mass is 10.0. The van der Waals surface area contributed by atoms with E-state index < -0.39 is 9.84 Å². The van der Waals surface area contributed by atoms with Crippen LogP contribution in [0.3, 0.4) is 0 Å². The highest BCUT2D eigenvalue weighted by Crippen LogP contribution is 2.21. The quantitative estimate of drug-likeness (QED) is 0.697. The third-order valence-corrected chi connectivity index (χ3v) is 6.56. The van der Waals surface area contributed by atoms with Gasteiger partial charge in [0.1, 0.15) is 5.69 Å². The maximum atomic E-state index is 12.3. The van der Waals surface area contributed by atoms with E-state index in [0.717, 1.165) is 10.9 Å². The second-order valence-corrected chi connectivity index (χ2v) is 9.59. The van der Waals surface area contributed by atoms with Gasteiger partial charge in [0.25, 0.3) is 5.91 Å². The van der Waals surface area contributed by atoms with Gasteiger partial charge in [-0.2, -0.15) is 0 Å².